The van der Waals surface area contributed by atoms with E-state index in [0.717, 1.165) is 24.2 Å². The quantitative estimate of drug-likeness (QED) is 0.937. The van der Waals surface area contributed by atoms with Gasteiger partial charge in [0.25, 0.3) is 0 Å². The number of benzene rings is 1. The smallest absolute Gasteiger partial charge is 0.318 e. The number of carbonyl (C=O) groups is 1. The molecule has 6 nitrogen and oxygen atoms in total. The Labute approximate surface area is 140 Å². The maximum absolute atomic E-state index is 13.5. The number of halogens is 1. The highest BCUT2D eigenvalue weighted by molar-refractivity contribution is 5.75. The Morgan fingerprint density at radius 1 is 1.46 bits per heavy atom. The van der Waals surface area contributed by atoms with Crippen LogP contribution in [0.3, 0.4) is 0 Å². The summed E-state index contributed by atoms with van der Waals surface area (Å²) in [6, 6.07) is 6.24. The van der Waals surface area contributed by atoms with Crippen LogP contribution in [0.5, 0.6) is 0 Å². The molecule has 1 fully saturated rings. The molecule has 1 aromatic carbocycles. The molecule has 128 valence electrons. The third-order valence-electron chi connectivity index (χ3n) is 4.48. The molecule has 2 unspecified atom stereocenters. The first-order valence-electron chi connectivity index (χ1n) is 8.27. The van der Waals surface area contributed by atoms with Crippen molar-refractivity contribution in [2.24, 2.45) is 5.92 Å². The summed E-state index contributed by atoms with van der Waals surface area (Å²) in [7, 11) is 0. The van der Waals surface area contributed by atoms with E-state index in [1.807, 2.05) is 19.2 Å². The monoisotopic (exact) mass is 331 g/mol. The van der Waals surface area contributed by atoms with Gasteiger partial charge in [-0.15, -0.1) is 5.10 Å². The van der Waals surface area contributed by atoms with Gasteiger partial charge in [0.2, 0.25) is 0 Å². The molecule has 0 radical (unpaired) electrons. The average molecular weight is 331 g/mol. The molecule has 0 saturated carbocycles. The first-order valence-corrected chi connectivity index (χ1v) is 8.27. The summed E-state index contributed by atoms with van der Waals surface area (Å²) in [5.74, 6) is 0.0154. The number of hydrogen-bond donors (Lipinski definition) is 1. The minimum Gasteiger partial charge on any atom is -0.332 e. The third kappa shape index (κ3) is 3.39. The Balaban J connectivity index is 1.68. The van der Waals surface area contributed by atoms with Crippen LogP contribution in [0.1, 0.15) is 37.6 Å². The van der Waals surface area contributed by atoms with Gasteiger partial charge >= 0.3 is 6.03 Å². The second-order valence-corrected chi connectivity index (χ2v) is 6.18. The van der Waals surface area contributed by atoms with Crippen molar-refractivity contribution < 1.29 is 9.18 Å². The number of amides is 2. The largest absolute Gasteiger partial charge is 0.332 e. The SMILES string of the molecule is CCn1cc(CNC(=O)N2CCC(C)C2c2cccc(F)c2)nn1. The molecule has 2 amide bonds. The maximum atomic E-state index is 13.5. The van der Waals surface area contributed by atoms with Crippen molar-refractivity contribution in [3.63, 3.8) is 0 Å². The molecule has 1 aliphatic rings. The fourth-order valence-electron chi connectivity index (χ4n) is 3.22. The Bertz CT molecular complexity index is 717. The predicted octanol–water partition coefficient (Wildman–Crippen LogP) is 2.73. The summed E-state index contributed by atoms with van der Waals surface area (Å²) in [5, 5.41) is 10.9. The fourth-order valence-corrected chi connectivity index (χ4v) is 3.22. The van der Waals surface area contributed by atoms with Crippen LogP contribution in [0.2, 0.25) is 0 Å². The van der Waals surface area contributed by atoms with Crippen LogP contribution in [0.4, 0.5) is 9.18 Å². The lowest BCUT2D eigenvalue weighted by Crippen LogP contribution is -2.39. The lowest BCUT2D eigenvalue weighted by atomic mass is 9.95. The third-order valence-corrected chi connectivity index (χ3v) is 4.48. The molecular weight excluding hydrogens is 309 g/mol. The molecule has 0 spiro atoms. The van der Waals surface area contributed by atoms with Gasteiger partial charge in [-0.2, -0.15) is 0 Å². The van der Waals surface area contributed by atoms with E-state index in [1.165, 1.54) is 12.1 Å². The lowest BCUT2D eigenvalue weighted by Gasteiger charge is -2.27. The Hall–Kier alpha value is -2.44. The van der Waals surface area contributed by atoms with E-state index in [-0.39, 0.29) is 17.9 Å². The zero-order valence-electron chi connectivity index (χ0n) is 13.9. The van der Waals surface area contributed by atoms with E-state index in [2.05, 4.69) is 22.6 Å². The first-order chi connectivity index (χ1) is 11.6. The summed E-state index contributed by atoms with van der Waals surface area (Å²) in [4.78, 5) is 14.4. The number of hydrogen-bond acceptors (Lipinski definition) is 3. The molecule has 2 aromatic rings. The number of carbonyl (C=O) groups excluding carboxylic acids is 1. The summed E-state index contributed by atoms with van der Waals surface area (Å²) in [5.41, 5.74) is 1.56. The van der Waals surface area contributed by atoms with Crippen LogP contribution in [0.25, 0.3) is 0 Å². The molecule has 2 heterocycles. The normalized spacial score (nSPS) is 20.4. The highest BCUT2D eigenvalue weighted by Gasteiger charge is 2.35. The number of aryl methyl sites for hydroxylation is 1. The summed E-state index contributed by atoms with van der Waals surface area (Å²) in [6.45, 7) is 5.81. The van der Waals surface area contributed by atoms with Crippen molar-refractivity contribution >= 4 is 6.03 Å². The summed E-state index contributed by atoms with van der Waals surface area (Å²) >= 11 is 0. The highest BCUT2D eigenvalue weighted by atomic mass is 19.1. The molecule has 24 heavy (non-hydrogen) atoms. The first kappa shape index (κ1) is 16.4. The van der Waals surface area contributed by atoms with Gasteiger partial charge in [0.15, 0.2) is 0 Å². The average Bonchev–Trinajstić information content (AvgIpc) is 3.19. The van der Waals surface area contributed by atoms with Crippen molar-refractivity contribution in [1.29, 1.82) is 0 Å². The Morgan fingerprint density at radius 3 is 3.00 bits per heavy atom. The van der Waals surface area contributed by atoms with E-state index in [4.69, 9.17) is 0 Å². The van der Waals surface area contributed by atoms with E-state index in [1.54, 1.807) is 15.6 Å². The highest BCUT2D eigenvalue weighted by Crippen LogP contribution is 2.37. The second-order valence-electron chi connectivity index (χ2n) is 6.18. The van der Waals surface area contributed by atoms with E-state index in [0.29, 0.717) is 19.0 Å². The van der Waals surface area contributed by atoms with Gasteiger partial charge < -0.3 is 10.2 Å². The van der Waals surface area contributed by atoms with Gasteiger partial charge in [-0.3, -0.25) is 4.68 Å². The number of aromatic nitrogens is 3. The van der Waals surface area contributed by atoms with Crippen LogP contribution in [-0.2, 0) is 13.1 Å². The molecule has 0 aliphatic carbocycles. The Kier molecular flexibility index (Phi) is 4.78. The molecular formula is C17H22FN5O. The molecule has 3 rings (SSSR count). The Morgan fingerprint density at radius 2 is 2.29 bits per heavy atom. The molecule has 7 heteroatoms. The van der Waals surface area contributed by atoms with Crippen molar-refractivity contribution in [3.05, 3.63) is 47.5 Å². The number of nitrogens with zero attached hydrogens (tertiary/aromatic N) is 4. The predicted molar refractivity (Wildman–Crippen MR) is 87.6 cm³/mol. The molecule has 1 saturated heterocycles. The summed E-state index contributed by atoms with van der Waals surface area (Å²) < 4.78 is 15.3. The van der Waals surface area contributed by atoms with Gasteiger partial charge in [-0.05, 0) is 37.0 Å². The van der Waals surface area contributed by atoms with Crippen LogP contribution < -0.4 is 5.32 Å². The lowest BCUT2D eigenvalue weighted by molar-refractivity contribution is 0.186. The van der Waals surface area contributed by atoms with Crippen molar-refractivity contribution in [2.45, 2.75) is 39.4 Å². The zero-order chi connectivity index (χ0) is 17.1. The molecule has 1 N–H and O–H groups in total. The molecule has 0 bridgehead atoms. The topological polar surface area (TPSA) is 63.1 Å². The minimum absolute atomic E-state index is 0.105. The number of urea groups is 1. The van der Waals surface area contributed by atoms with Gasteiger partial charge in [0.1, 0.15) is 11.5 Å². The van der Waals surface area contributed by atoms with Gasteiger partial charge in [-0.25, -0.2) is 9.18 Å². The van der Waals surface area contributed by atoms with Crippen molar-refractivity contribution in [2.75, 3.05) is 6.54 Å². The van der Waals surface area contributed by atoms with Crippen LogP contribution >= 0.6 is 0 Å². The number of likely N-dealkylation sites (tertiary alicyclic amines) is 1. The maximum Gasteiger partial charge on any atom is 0.318 e. The zero-order valence-corrected chi connectivity index (χ0v) is 13.9. The second kappa shape index (κ2) is 6.98. The molecule has 1 aliphatic heterocycles. The van der Waals surface area contributed by atoms with E-state index >= 15 is 0 Å². The van der Waals surface area contributed by atoms with E-state index < -0.39 is 0 Å². The van der Waals surface area contributed by atoms with Crippen molar-refractivity contribution in [1.82, 2.24) is 25.2 Å². The fraction of sp³-hybridized carbons (Fsp3) is 0.471. The van der Waals surface area contributed by atoms with Crippen molar-refractivity contribution in [3.8, 4) is 0 Å². The minimum atomic E-state index is -0.275. The van der Waals surface area contributed by atoms with Crippen LogP contribution in [-0.4, -0.2) is 32.5 Å². The van der Waals surface area contributed by atoms with Gasteiger partial charge in [0, 0.05) is 13.1 Å². The van der Waals surface area contributed by atoms with Gasteiger partial charge in [0.05, 0.1) is 18.8 Å². The van der Waals surface area contributed by atoms with Crippen LogP contribution in [0, 0.1) is 11.7 Å². The molecule has 1 aromatic heterocycles. The summed E-state index contributed by atoms with van der Waals surface area (Å²) in [6.07, 6.45) is 2.72. The number of rotatable bonds is 4. The molecule has 2 atom stereocenters. The van der Waals surface area contributed by atoms with Crippen LogP contribution in [0.15, 0.2) is 30.5 Å². The standard InChI is InChI=1S/C17H22FN5O/c1-3-22-11-15(20-21-22)10-19-17(24)23-8-7-12(2)16(23)13-5-4-6-14(18)9-13/h4-6,9,11-12,16H,3,7-8,10H2,1-2H3,(H,19,24). The van der Waals surface area contributed by atoms with Gasteiger partial charge in [-0.1, -0.05) is 24.3 Å². The van der Waals surface area contributed by atoms with E-state index in [9.17, 15) is 9.18 Å². The number of nitrogens with one attached hydrogen (secondary N) is 1.